The largest absolute Gasteiger partial charge is 0.427 e. The van der Waals surface area contributed by atoms with Gasteiger partial charge in [0.25, 0.3) is 0 Å². The molecule has 3 fully saturated rings. The fraction of sp³-hybridized carbons (Fsp3) is 0.630. The zero-order chi connectivity index (χ0) is 22.2. The molecule has 1 N–H and O–H groups in total. The Kier molecular flexibility index (Phi) is 6.13. The molecule has 4 aliphatic carbocycles. The summed E-state index contributed by atoms with van der Waals surface area (Å²) >= 11 is 0. The first kappa shape index (κ1) is 22.3. The van der Waals surface area contributed by atoms with Gasteiger partial charge in [0, 0.05) is 13.3 Å². The molecule has 168 valence electrons. The van der Waals surface area contributed by atoms with Gasteiger partial charge in [-0.25, -0.2) is 0 Å². The Bertz CT molecular complexity index is 859. The second-order valence-electron chi connectivity index (χ2n) is 10.5. The van der Waals surface area contributed by atoms with Crippen LogP contribution in [0.4, 0.5) is 0 Å². The number of carbonyl (C=O) groups is 2. The summed E-state index contributed by atoms with van der Waals surface area (Å²) < 4.78 is 4.78. The molecule has 4 heteroatoms. The van der Waals surface area contributed by atoms with Crippen molar-refractivity contribution in [3.8, 4) is 5.75 Å². The zero-order valence-corrected chi connectivity index (χ0v) is 19.1. The van der Waals surface area contributed by atoms with Crippen molar-refractivity contribution < 1.29 is 19.4 Å². The molecule has 0 heterocycles. The molecule has 0 bridgehead atoms. The topological polar surface area (TPSA) is 63.6 Å². The first-order valence-electron chi connectivity index (χ1n) is 11.9. The zero-order valence-electron chi connectivity index (χ0n) is 19.1. The fourth-order valence-corrected chi connectivity index (χ4v) is 7.19. The molecular formula is C27H36O4. The van der Waals surface area contributed by atoms with Crippen molar-refractivity contribution in [2.75, 3.05) is 0 Å². The van der Waals surface area contributed by atoms with Crippen molar-refractivity contribution in [3.05, 3.63) is 42.0 Å². The maximum atomic E-state index is 11.8. The van der Waals surface area contributed by atoms with Gasteiger partial charge in [0.15, 0.2) is 5.78 Å². The standard InChI is InChI=1S/C19H28O2.C8H8O2/c1-18-9-7-13(20)11-12(18)3-4-14-15-5-6-17(21)19(15,2)10-8-16(14)18;1-7(9)10-8-5-3-2-4-6-8/h11,14-17,21H,3-10H2,1-2H3;2-6H,1H3/t14-,15-,16-,17-,18-,19-;/m0./s1. The van der Waals surface area contributed by atoms with Crippen LogP contribution < -0.4 is 4.74 Å². The highest BCUT2D eigenvalue weighted by atomic mass is 16.5. The number of hydrogen-bond donors (Lipinski definition) is 1. The molecule has 1 aromatic carbocycles. The van der Waals surface area contributed by atoms with E-state index < -0.39 is 0 Å². The van der Waals surface area contributed by atoms with Crippen LogP contribution in [0.15, 0.2) is 42.0 Å². The third kappa shape index (κ3) is 4.11. The third-order valence-electron chi connectivity index (χ3n) is 8.92. The van der Waals surface area contributed by atoms with Crippen LogP contribution >= 0.6 is 0 Å². The Balaban J connectivity index is 0.000000196. The van der Waals surface area contributed by atoms with E-state index in [1.54, 1.807) is 12.1 Å². The average Bonchev–Trinajstić information content (AvgIpc) is 3.04. The molecule has 0 amide bonds. The van der Waals surface area contributed by atoms with Gasteiger partial charge < -0.3 is 9.84 Å². The molecular weight excluding hydrogens is 388 g/mol. The van der Waals surface area contributed by atoms with Crippen LogP contribution in [0.1, 0.15) is 72.1 Å². The number of fused-ring (bicyclic) bond motifs is 5. The predicted molar refractivity (Wildman–Crippen MR) is 120 cm³/mol. The van der Waals surface area contributed by atoms with Crippen LogP contribution in [-0.4, -0.2) is 23.0 Å². The highest BCUT2D eigenvalue weighted by Crippen LogP contribution is 2.65. The Hall–Kier alpha value is -1.94. The van der Waals surface area contributed by atoms with Crippen LogP contribution in [-0.2, 0) is 9.59 Å². The molecule has 31 heavy (non-hydrogen) atoms. The number of aliphatic hydroxyl groups excluding tert-OH is 1. The summed E-state index contributed by atoms with van der Waals surface area (Å²) in [6.45, 7) is 6.15. The molecule has 3 saturated carbocycles. The van der Waals surface area contributed by atoms with E-state index in [2.05, 4.69) is 13.8 Å². The number of carbonyl (C=O) groups excluding carboxylic acids is 2. The van der Waals surface area contributed by atoms with Crippen molar-refractivity contribution in [3.63, 3.8) is 0 Å². The molecule has 5 rings (SSSR count). The second kappa shape index (κ2) is 8.54. The summed E-state index contributed by atoms with van der Waals surface area (Å²) in [4.78, 5) is 22.2. The minimum absolute atomic E-state index is 0.0823. The van der Waals surface area contributed by atoms with Gasteiger partial charge >= 0.3 is 5.97 Å². The first-order chi connectivity index (χ1) is 14.7. The maximum Gasteiger partial charge on any atom is 0.308 e. The summed E-state index contributed by atoms with van der Waals surface area (Å²) in [6.07, 6.45) is 10.7. The summed E-state index contributed by atoms with van der Waals surface area (Å²) in [5, 5.41) is 10.4. The van der Waals surface area contributed by atoms with E-state index in [0.29, 0.717) is 17.5 Å². The normalized spacial score (nSPS) is 38.6. The lowest BCUT2D eigenvalue weighted by Gasteiger charge is -2.57. The van der Waals surface area contributed by atoms with Gasteiger partial charge in [-0.1, -0.05) is 37.6 Å². The molecule has 0 spiro atoms. The second-order valence-corrected chi connectivity index (χ2v) is 10.5. The number of hydrogen-bond acceptors (Lipinski definition) is 4. The SMILES string of the molecule is CC(=O)Oc1ccccc1.C[C@]12CC[C@H]3[C@@H](CCC4=CC(=O)CC[C@@]43C)[C@@H]1CC[C@@H]2O. The number of aliphatic hydroxyl groups is 1. The quantitative estimate of drug-likeness (QED) is 0.478. The highest BCUT2D eigenvalue weighted by molar-refractivity contribution is 5.91. The van der Waals surface area contributed by atoms with Crippen LogP contribution in [0.25, 0.3) is 0 Å². The third-order valence-corrected chi connectivity index (χ3v) is 8.92. The minimum atomic E-state index is -0.286. The fourth-order valence-electron chi connectivity index (χ4n) is 7.19. The summed E-state index contributed by atoms with van der Waals surface area (Å²) in [5.74, 6) is 2.88. The Morgan fingerprint density at radius 2 is 1.74 bits per heavy atom. The van der Waals surface area contributed by atoms with Crippen LogP contribution in [0.3, 0.4) is 0 Å². The van der Waals surface area contributed by atoms with Gasteiger partial charge in [-0.15, -0.1) is 0 Å². The molecule has 0 unspecified atom stereocenters. The van der Waals surface area contributed by atoms with E-state index in [4.69, 9.17) is 4.74 Å². The van der Waals surface area contributed by atoms with E-state index >= 15 is 0 Å². The van der Waals surface area contributed by atoms with Gasteiger partial charge in [-0.2, -0.15) is 0 Å². The first-order valence-corrected chi connectivity index (χ1v) is 11.9. The predicted octanol–water partition coefficient (Wildman–Crippen LogP) is 5.49. The molecule has 4 aliphatic rings. The number of esters is 1. The van der Waals surface area contributed by atoms with Gasteiger partial charge in [0.2, 0.25) is 0 Å². The van der Waals surface area contributed by atoms with E-state index in [-0.39, 0.29) is 22.9 Å². The number of ether oxygens (including phenoxy) is 1. The average molecular weight is 425 g/mol. The van der Waals surface area contributed by atoms with E-state index in [0.717, 1.165) is 37.5 Å². The van der Waals surface area contributed by atoms with Crippen molar-refractivity contribution in [2.24, 2.45) is 28.6 Å². The van der Waals surface area contributed by atoms with Gasteiger partial charge in [-0.05, 0) is 91.7 Å². The van der Waals surface area contributed by atoms with Gasteiger partial charge in [0.05, 0.1) is 6.10 Å². The maximum absolute atomic E-state index is 11.8. The van der Waals surface area contributed by atoms with Gasteiger partial charge in [-0.3, -0.25) is 9.59 Å². The Morgan fingerprint density at radius 3 is 2.45 bits per heavy atom. The van der Waals surface area contributed by atoms with Crippen LogP contribution in [0.2, 0.25) is 0 Å². The number of para-hydroxylation sites is 1. The monoisotopic (exact) mass is 424 g/mol. The molecule has 0 aliphatic heterocycles. The van der Waals surface area contributed by atoms with E-state index in [1.807, 2.05) is 24.3 Å². The molecule has 4 nitrogen and oxygen atoms in total. The number of rotatable bonds is 1. The van der Waals surface area contributed by atoms with Crippen molar-refractivity contribution in [2.45, 2.75) is 78.2 Å². The van der Waals surface area contributed by atoms with Crippen LogP contribution in [0.5, 0.6) is 5.75 Å². The van der Waals surface area contributed by atoms with Crippen molar-refractivity contribution in [1.82, 2.24) is 0 Å². The Morgan fingerprint density at radius 1 is 1.00 bits per heavy atom. The van der Waals surface area contributed by atoms with Crippen molar-refractivity contribution >= 4 is 11.8 Å². The van der Waals surface area contributed by atoms with E-state index in [9.17, 15) is 14.7 Å². The number of benzene rings is 1. The van der Waals surface area contributed by atoms with E-state index in [1.165, 1.54) is 38.2 Å². The molecule has 6 atom stereocenters. The van der Waals surface area contributed by atoms with Crippen molar-refractivity contribution in [1.29, 1.82) is 0 Å². The molecule has 0 saturated heterocycles. The molecule has 1 aromatic rings. The summed E-state index contributed by atoms with van der Waals surface area (Å²) in [7, 11) is 0. The minimum Gasteiger partial charge on any atom is -0.427 e. The lowest BCUT2D eigenvalue weighted by molar-refractivity contribution is -0.131. The highest BCUT2D eigenvalue weighted by Gasteiger charge is 2.58. The lowest BCUT2D eigenvalue weighted by Crippen LogP contribution is -2.51. The Labute approximate surface area is 186 Å². The lowest BCUT2D eigenvalue weighted by atomic mass is 9.47. The molecule has 0 aromatic heterocycles. The molecule has 0 radical (unpaired) electrons. The van der Waals surface area contributed by atoms with Gasteiger partial charge in [0.1, 0.15) is 5.75 Å². The summed E-state index contributed by atoms with van der Waals surface area (Å²) in [6, 6.07) is 8.98. The van der Waals surface area contributed by atoms with Crippen LogP contribution in [0, 0.1) is 28.6 Å². The summed E-state index contributed by atoms with van der Waals surface area (Å²) in [5.41, 5.74) is 1.89. The number of allylic oxidation sites excluding steroid dienone is 1. The smallest absolute Gasteiger partial charge is 0.308 e. The number of ketones is 1.